The number of para-hydroxylation sites is 1. The van der Waals surface area contributed by atoms with Crippen LogP contribution in [0, 0.1) is 0 Å². The summed E-state index contributed by atoms with van der Waals surface area (Å²) in [5.41, 5.74) is 3.73. The van der Waals surface area contributed by atoms with E-state index < -0.39 is 0 Å². The number of hydrazone groups is 1. The molecule has 0 unspecified atom stereocenters. The second-order valence-corrected chi connectivity index (χ2v) is 5.12. The number of hydrogen-bond acceptors (Lipinski definition) is 4. The normalized spacial score (nSPS) is 15.6. The minimum absolute atomic E-state index is 0.340. The fourth-order valence-electron chi connectivity index (χ4n) is 2.48. The SMILES string of the molecule is CCOC(=O)/C=C1/CC(c2ccccc2)=NN1c1ccccc1. The molecule has 0 bridgehead atoms. The van der Waals surface area contributed by atoms with E-state index in [-0.39, 0.29) is 5.97 Å². The first-order valence-electron chi connectivity index (χ1n) is 7.63. The van der Waals surface area contributed by atoms with E-state index in [0.717, 1.165) is 22.7 Å². The molecule has 0 saturated heterocycles. The molecule has 0 atom stereocenters. The molecule has 0 N–H and O–H groups in total. The molecule has 1 aliphatic rings. The summed E-state index contributed by atoms with van der Waals surface area (Å²) in [6, 6.07) is 19.8. The Morgan fingerprint density at radius 2 is 1.78 bits per heavy atom. The van der Waals surface area contributed by atoms with Crippen molar-refractivity contribution < 1.29 is 9.53 Å². The Labute approximate surface area is 135 Å². The lowest BCUT2D eigenvalue weighted by atomic mass is 10.1. The highest BCUT2D eigenvalue weighted by Crippen LogP contribution is 2.29. The number of carbonyl (C=O) groups is 1. The number of carbonyl (C=O) groups excluding carboxylic acids is 1. The molecule has 2 aromatic carbocycles. The highest BCUT2D eigenvalue weighted by atomic mass is 16.5. The molecule has 3 rings (SSSR count). The number of allylic oxidation sites excluding steroid dienone is 1. The van der Waals surface area contributed by atoms with Gasteiger partial charge in [-0.25, -0.2) is 9.80 Å². The van der Waals surface area contributed by atoms with Gasteiger partial charge in [-0.15, -0.1) is 0 Å². The Balaban J connectivity index is 1.96. The van der Waals surface area contributed by atoms with E-state index in [1.807, 2.05) is 60.7 Å². The van der Waals surface area contributed by atoms with E-state index in [2.05, 4.69) is 0 Å². The average molecular weight is 306 g/mol. The lowest BCUT2D eigenvalue weighted by Crippen LogP contribution is -2.12. The van der Waals surface area contributed by atoms with Crippen LogP contribution in [0.2, 0.25) is 0 Å². The van der Waals surface area contributed by atoms with Crippen molar-refractivity contribution in [3.05, 3.63) is 78.0 Å². The third kappa shape index (κ3) is 3.48. The van der Waals surface area contributed by atoms with E-state index in [1.165, 1.54) is 6.08 Å². The Kier molecular flexibility index (Phi) is 4.52. The number of hydrogen-bond donors (Lipinski definition) is 0. The highest BCUT2D eigenvalue weighted by molar-refractivity contribution is 6.05. The molecule has 2 aromatic rings. The van der Waals surface area contributed by atoms with Crippen LogP contribution in [0.5, 0.6) is 0 Å². The molecule has 4 nitrogen and oxygen atoms in total. The molecule has 0 aliphatic carbocycles. The standard InChI is InChI=1S/C19H18N2O2/c1-2-23-19(22)14-17-13-18(15-9-5-3-6-10-15)20-21(17)16-11-7-4-8-12-16/h3-12,14H,2,13H2,1H3/b17-14-. The summed E-state index contributed by atoms with van der Waals surface area (Å²) in [7, 11) is 0. The molecule has 4 heteroatoms. The van der Waals surface area contributed by atoms with Crippen molar-refractivity contribution in [1.82, 2.24) is 0 Å². The molecule has 1 heterocycles. The molecule has 23 heavy (non-hydrogen) atoms. The van der Waals surface area contributed by atoms with Crippen LogP contribution in [0.25, 0.3) is 0 Å². The number of anilines is 1. The number of ether oxygens (including phenoxy) is 1. The summed E-state index contributed by atoms with van der Waals surface area (Å²) in [6.45, 7) is 2.16. The predicted octanol–water partition coefficient (Wildman–Crippen LogP) is 3.75. The molecule has 116 valence electrons. The van der Waals surface area contributed by atoms with Gasteiger partial charge < -0.3 is 4.74 Å². The van der Waals surface area contributed by atoms with Crippen LogP contribution in [-0.4, -0.2) is 18.3 Å². The quantitative estimate of drug-likeness (QED) is 0.638. The smallest absolute Gasteiger partial charge is 0.332 e. The van der Waals surface area contributed by atoms with Crippen LogP contribution in [0.3, 0.4) is 0 Å². The first kappa shape index (κ1) is 15.0. The zero-order valence-electron chi connectivity index (χ0n) is 13.0. The van der Waals surface area contributed by atoms with Crippen molar-refractivity contribution in [2.45, 2.75) is 13.3 Å². The van der Waals surface area contributed by atoms with Gasteiger partial charge in [-0.05, 0) is 24.6 Å². The van der Waals surface area contributed by atoms with Crippen LogP contribution in [0.15, 0.2) is 77.5 Å². The molecule has 0 aromatic heterocycles. The van der Waals surface area contributed by atoms with Crippen molar-refractivity contribution in [1.29, 1.82) is 0 Å². The number of rotatable bonds is 4. The first-order chi connectivity index (χ1) is 11.3. The molecule has 0 radical (unpaired) electrons. The molecular formula is C19H18N2O2. The second-order valence-electron chi connectivity index (χ2n) is 5.12. The summed E-state index contributed by atoms with van der Waals surface area (Å²) in [5, 5.41) is 6.50. The largest absolute Gasteiger partial charge is 0.463 e. The lowest BCUT2D eigenvalue weighted by Gasteiger charge is -2.15. The summed E-state index contributed by atoms with van der Waals surface area (Å²) in [5.74, 6) is -0.340. The van der Waals surface area contributed by atoms with Crippen LogP contribution in [-0.2, 0) is 9.53 Å². The van der Waals surface area contributed by atoms with Gasteiger partial charge in [0.2, 0.25) is 0 Å². The summed E-state index contributed by atoms with van der Waals surface area (Å²) in [4.78, 5) is 11.8. The van der Waals surface area contributed by atoms with Crippen molar-refractivity contribution in [2.75, 3.05) is 11.6 Å². The van der Waals surface area contributed by atoms with Crippen LogP contribution < -0.4 is 5.01 Å². The third-order valence-electron chi connectivity index (χ3n) is 3.52. The minimum Gasteiger partial charge on any atom is -0.463 e. The Morgan fingerprint density at radius 1 is 1.13 bits per heavy atom. The van der Waals surface area contributed by atoms with Crippen LogP contribution in [0.4, 0.5) is 5.69 Å². The van der Waals surface area contributed by atoms with Gasteiger partial charge in [-0.1, -0.05) is 48.5 Å². The van der Waals surface area contributed by atoms with E-state index in [1.54, 1.807) is 11.9 Å². The Hall–Kier alpha value is -2.88. The minimum atomic E-state index is -0.340. The van der Waals surface area contributed by atoms with Crippen molar-refractivity contribution in [2.24, 2.45) is 5.10 Å². The second kappa shape index (κ2) is 6.92. The average Bonchev–Trinajstić information content (AvgIpc) is 3.00. The van der Waals surface area contributed by atoms with Gasteiger partial charge in [0.1, 0.15) is 0 Å². The molecular weight excluding hydrogens is 288 g/mol. The van der Waals surface area contributed by atoms with E-state index in [9.17, 15) is 4.79 Å². The van der Waals surface area contributed by atoms with Crippen molar-refractivity contribution >= 4 is 17.4 Å². The van der Waals surface area contributed by atoms with Crippen LogP contribution in [0.1, 0.15) is 18.9 Å². The lowest BCUT2D eigenvalue weighted by molar-refractivity contribution is -0.137. The van der Waals surface area contributed by atoms with Crippen molar-refractivity contribution in [3.8, 4) is 0 Å². The zero-order valence-corrected chi connectivity index (χ0v) is 13.0. The number of esters is 1. The molecule has 1 aliphatic heterocycles. The maximum absolute atomic E-state index is 11.8. The van der Waals surface area contributed by atoms with Gasteiger partial charge in [0.25, 0.3) is 0 Å². The van der Waals surface area contributed by atoms with E-state index in [0.29, 0.717) is 13.0 Å². The number of nitrogens with zero attached hydrogens (tertiary/aromatic N) is 2. The molecule has 0 fully saturated rings. The fourth-order valence-corrected chi connectivity index (χ4v) is 2.48. The maximum Gasteiger partial charge on any atom is 0.332 e. The van der Waals surface area contributed by atoms with Gasteiger partial charge in [0, 0.05) is 12.5 Å². The topological polar surface area (TPSA) is 41.9 Å². The molecule has 0 spiro atoms. The Morgan fingerprint density at radius 3 is 2.43 bits per heavy atom. The predicted molar refractivity (Wildman–Crippen MR) is 91.2 cm³/mol. The van der Waals surface area contributed by atoms with E-state index >= 15 is 0 Å². The summed E-state index contributed by atoms with van der Waals surface area (Å²) >= 11 is 0. The highest BCUT2D eigenvalue weighted by Gasteiger charge is 2.23. The molecule has 0 amide bonds. The summed E-state index contributed by atoms with van der Waals surface area (Å²) in [6.07, 6.45) is 2.12. The Bertz CT molecular complexity index is 736. The van der Waals surface area contributed by atoms with Crippen LogP contribution >= 0.6 is 0 Å². The van der Waals surface area contributed by atoms with Gasteiger partial charge in [0.05, 0.1) is 23.7 Å². The van der Waals surface area contributed by atoms with Gasteiger partial charge in [-0.3, -0.25) is 0 Å². The van der Waals surface area contributed by atoms with Gasteiger partial charge >= 0.3 is 5.97 Å². The van der Waals surface area contributed by atoms with Crippen molar-refractivity contribution in [3.63, 3.8) is 0 Å². The van der Waals surface area contributed by atoms with Gasteiger partial charge in [-0.2, -0.15) is 5.10 Å². The number of benzene rings is 2. The zero-order chi connectivity index (χ0) is 16.1. The van der Waals surface area contributed by atoms with E-state index in [4.69, 9.17) is 9.84 Å². The monoisotopic (exact) mass is 306 g/mol. The summed E-state index contributed by atoms with van der Waals surface area (Å²) < 4.78 is 5.04. The van der Waals surface area contributed by atoms with Gasteiger partial charge in [0.15, 0.2) is 0 Å². The third-order valence-corrected chi connectivity index (χ3v) is 3.52. The maximum atomic E-state index is 11.8. The fraction of sp³-hybridized carbons (Fsp3) is 0.158. The molecule has 0 saturated carbocycles. The first-order valence-corrected chi connectivity index (χ1v) is 7.63.